The SMILES string of the molecule is CC.COC(=O)c1sc2ccc3[nH]c(=O)ccc3c2c1NCCN. The lowest BCUT2D eigenvalue weighted by Crippen LogP contribution is -2.14. The Morgan fingerprint density at radius 3 is 2.71 bits per heavy atom. The average Bonchev–Trinajstić information content (AvgIpc) is 2.99. The third kappa shape index (κ3) is 3.27. The number of pyridine rings is 1. The number of thiophene rings is 1. The highest BCUT2D eigenvalue weighted by molar-refractivity contribution is 7.21. The van der Waals surface area contributed by atoms with Gasteiger partial charge in [-0.1, -0.05) is 13.8 Å². The fourth-order valence-electron chi connectivity index (χ4n) is 2.43. The molecule has 0 aliphatic carbocycles. The van der Waals surface area contributed by atoms with Crippen LogP contribution in [-0.2, 0) is 4.74 Å². The number of rotatable bonds is 4. The molecule has 0 unspecified atom stereocenters. The number of H-pyrrole nitrogens is 1. The zero-order chi connectivity index (χ0) is 17.7. The molecule has 0 aliphatic rings. The van der Waals surface area contributed by atoms with Gasteiger partial charge < -0.3 is 20.8 Å². The molecule has 6 nitrogen and oxygen atoms in total. The zero-order valence-electron chi connectivity index (χ0n) is 13.9. The molecule has 24 heavy (non-hydrogen) atoms. The molecule has 3 aromatic rings. The van der Waals surface area contributed by atoms with Gasteiger partial charge in [-0.05, 0) is 18.2 Å². The molecule has 0 saturated heterocycles. The van der Waals surface area contributed by atoms with E-state index in [0.717, 1.165) is 21.0 Å². The molecule has 3 rings (SSSR count). The van der Waals surface area contributed by atoms with Gasteiger partial charge in [-0.2, -0.15) is 0 Å². The maximum absolute atomic E-state index is 12.0. The summed E-state index contributed by atoms with van der Waals surface area (Å²) in [6.07, 6.45) is 0. The third-order valence-corrected chi connectivity index (χ3v) is 4.51. The van der Waals surface area contributed by atoms with Crippen LogP contribution >= 0.6 is 11.3 Å². The maximum atomic E-state index is 12.0. The van der Waals surface area contributed by atoms with Gasteiger partial charge in [-0.3, -0.25) is 4.79 Å². The fourth-order valence-corrected chi connectivity index (χ4v) is 3.55. The molecular formula is C17H21N3O3S. The van der Waals surface area contributed by atoms with E-state index in [1.807, 2.05) is 26.0 Å². The molecule has 0 amide bonds. The number of hydrogen-bond donors (Lipinski definition) is 3. The number of methoxy groups -OCH3 is 1. The van der Waals surface area contributed by atoms with Crippen molar-refractivity contribution in [1.29, 1.82) is 0 Å². The topological polar surface area (TPSA) is 97.2 Å². The van der Waals surface area contributed by atoms with Crippen LogP contribution < -0.4 is 16.6 Å². The van der Waals surface area contributed by atoms with Crippen LogP contribution in [0.3, 0.4) is 0 Å². The van der Waals surface area contributed by atoms with Gasteiger partial charge in [0.2, 0.25) is 5.56 Å². The minimum atomic E-state index is -0.390. The van der Waals surface area contributed by atoms with Crippen LogP contribution in [0.2, 0.25) is 0 Å². The lowest BCUT2D eigenvalue weighted by molar-refractivity contribution is 0.0607. The number of carbonyl (C=O) groups is 1. The Hall–Kier alpha value is -2.38. The Morgan fingerprint density at radius 1 is 1.29 bits per heavy atom. The second kappa shape index (κ2) is 7.94. The van der Waals surface area contributed by atoms with Gasteiger partial charge in [0.15, 0.2) is 0 Å². The van der Waals surface area contributed by atoms with E-state index in [2.05, 4.69) is 10.3 Å². The summed E-state index contributed by atoms with van der Waals surface area (Å²) in [5.74, 6) is -0.390. The van der Waals surface area contributed by atoms with E-state index in [-0.39, 0.29) is 5.56 Å². The summed E-state index contributed by atoms with van der Waals surface area (Å²) >= 11 is 1.36. The predicted octanol–water partition coefficient (Wildman–Crippen LogP) is 2.93. The first-order valence-corrected chi connectivity index (χ1v) is 8.58. The monoisotopic (exact) mass is 347 g/mol. The zero-order valence-corrected chi connectivity index (χ0v) is 14.8. The van der Waals surface area contributed by atoms with Crippen molar-refractivity contribution in [2.24, 2.45) is 5.73 Å². The number of nitrogens with one attached hydrogen (secondary N) is 2. The Kier molecular flexibility index (Phi) is 5.94. The Bertz CT molecular complexity index is 914. The van der Waals surface area contributed by atoms with Gasteiger partial charge in [-0.25, -0.2) is 4.79 Å². The molecule has 0 bridgehead atoms. The van der Waals surface area contributed by atoms with Gasteiger partial charge >= 0.3 is 5.97 Å². The molecule has 7 heteroatoms. The molecule has 2 aromatic heterocycles. The van der Waals surface area contributed by atoms with Crippen LogP contribution in [0.1, 0.15) is 23.5 Å². The van der Waals surface area contributed by atoms with E-state index in [0.29, 0.717) is 23.7 Å². The number of anilines is 1. The Balaban J connectivity index is 0.00000100. The van der Waals surface area contributed by atoms with Crippen LogP contribution in [0.25, 0.3) is 21.0 Å². The number of aromatic amines is 1. The van der Waals surface area contributed by atoms with Crippen molar-refractivity contribution in [3.63, 3.8) is 0 Å². The second-order valence-electron chi connectivity index (χ2n) is 4.74. The molecule has 0 fully saturated rings. The van der Waals surface area contributed by atoms with E-state index in [9.17, 15) is 9.59 Å². The van der Waals surface area contributed by atoms with Crippen LogP contribution in [0.4, 0.5) is 5.69 Å². The van der Waals surface area contributed by atoms with Gasteiger partial charge in [-0.15, -0.1) is 11.3 Å². The average molecular weight is 347 g/mol. The highest BCUT2D eigenvalue weighted by Gasteiger charge is 2.20. The fraction of sp³-hybridized carbons (Fsp3) is 0.294. The van der Waals surface area contributed by atoms with E-state index < -0.39 is 5.97 Å². The van der Waals surface area contributed by atoms with Crippen molar-refractivity contribution >= 4 is 44.0 Å². The summed E-state index contributed by atoms with van der Waals surface area (Å²) in [7, 11) is 1.36. The lowest BCUT2D eigenvalue weighted by atomic mass is 10.1. The third-order valence-electron chi connectivity index (χ3n) is 3.37. The molecule has 1 aromatic carbocycles. The Labute approximate surface area is 143 Å². The molecular weight excluding hydrogens is 326 g/mol. The largest absolute Gasteiger partial charge is 0.465 e. The molecule has 2 heterocycles. The van der Waals surface area contributed by atoms with Gasteiger partial charge in [0, 0.05) is 40.1 Å². The first-order chi connectivity index (χ1) is 11.7. The van der Waals surface area contributed by atoms with Crippen molar-refractivity contribution in [2.45, 2.75) is 13.8 Å². The summed E-state index contributed by atoms with van der Waals surface area (Å²) in [5, 5.41) is 4.97. The van der Waals surface area contributed by atoms with E-state index in [1.54, 1.807) is 6.07 Å². The summed E-state index contributed by atoms with van der Waals surface area (Å²) in [5.41, 5.74) is 6.83. The lowest BCUT2D eigenvalue weighted by Gasteiger charge is -2.07. The minimum absolute atomic E-state index is 0.160. The molecule has 0 atom stereocenters. The minimum Gasteiger partial charge on any atom is -0.465 e. The van der Waals surface area contributed by atoms with E-state index in [4.69, 9.17) is 10.5 Å². The normalized spacial score (nSPS) is 10.3. The van der Waals surface area contributed by atoms with Crippen molar-refractivity contribution in [3.8, 4) is 0 Å². The summed E-state index contributed by atoms with van der Waals surface area (Å²) in [6.45, 7) is 4.98. The predicted molar refractivity (Wildman–Crippen MR) is 100 cm³/mol. The van der Waals surface area contributed by atoms with Crippen molar-refractivity contribution in [2.75, 3.05) is 25.5 Å². The first kappa shape index (κ1) is 18.0. The number of benzene rings is 1. The Morgan fingerprint density at radius 2 is 2.04 bits per heavy atom. The standard InChI is InChI=1S/C15H15N3O3S.C2H6/c1-21-15(20)14-13(17-7-6-16)12-8-2-5-11(19)18-9(8)3-4-10(12)22-14;1-2/h2-5,17H,6-7,16H2,1H3,(H,18,19);1-2H3. The number of aromatic nitrogens is 1. The van der Waals surface area contributed by atoms with Crippen LogP contribution in [-0.4, -0.2) is 31.2 Å². The molecule has 0 saturated carbocycles. The highest BCUT2D eigenvalue weighted by Crippen LogP contribution is 2.39. The second-order valence-corrected chi connectivity index (χ2v) is 5.79. The molecule has 0 aliphatic heterocycles. The molecule has 0 spiro atoms. The van der Waals surface area contributed by atoms with Crippen LogP contribution in [0.5, 0.6) is 0 Å². The van der Waals surface area contributed by atoms with E-state index in [1.165, 1.54) is 24.5 Å². The molecule has 0 radical (unpaired) electrons. The van der Waals surface area contributed by atoms with Gasteiger partial charge in [0.05, 0.1) is 12.8 Å². The number of carbonyl (C=O) groups excluding carboxylic acids is 1. The number of hydrogen-bond acceptors (Lipinski definition) is 6. The number of esters is 1. The first-order valence-electron chi connectivity index (χ1n) is 7.76. The highest BCUT2D eigenvalue weighted by atomic mass is 32.1. The van der Waals surface area contributed by atoms with E-state index >= 15 is 0 Å². The van der Waals surface area contributed by atoms with Crippen molar-refractivity contribution in [3.05, 3.63) is 39.5 Å². The van der Waals surface area contributed by atoms with Crippen molar-refractivity contribution in [1.82, 2.24) is 4.98 Å². The van der Waals surface area contributed by atoms with Crippen LogP contribution in [0, 0.1) is 0 Å². The number of nitrogens with two attached hydrogens (primary N) is 1. The quantitative estimate of drug-likeness (QED) is 0.631. The summed E-state index contributed by atoms with van der Waals surface area (Å²) < 4.78 is 5.80. The number of fused-ring (bicyclic) bond motifs is 3. The van der Waals surface area contributed by atoms with Crippen molar-refractivity contribution < 1.29 is 9.53 Å². The summed E-state index contributed by atoms with van der Waals surface area (Å²) in [4.78, 5) is 26.8. The van der Waals surface area contributed by atoms with Gasteiger partial charge in [0.1, 0.15) is 4.88 Å². The van der Waals surface area contributed by atoms with Crippen LogP contribution in [0.15, 0.2) is 29.1 Å². The smallest absolute Gasteiger partial charge is 0.350 e. The number of ether oxygens (including phenoxy) is 1. The summed E-state index contributed by atoms with van der Waals surface area (Å²) in [6, 6.07) is 6.96. The molecule has 128 valence electrons. The molecule has 4 N–H and O–H groups in total. The maximum Gasteiger partial charge on any atom is 0.350 e. The van der Waals surface area contributed by atoms with Gasteiger partial charge in [0.25, 0.3) is 0 Å².